The fourth-order valence-corrected chi connectivity index (χ4v) is 3.57. The summed E-state index contributed by atoms with van der Waals surface area (Å²) in [5.74, 6) is 2.26. The molecule has 1 N–H and O–H groups in total. The molecule has 1 unspecified atom stereocenters. The smallest absolute Gasteiger partial charge is 0.223 e. The molecule has 1 saturated heterocycles. The van der Waals surface area contributed by atoms with Crippen molar-refractivity contribution in [3.63, 3.8) is 0 Å². The molecule has 0 aliphatic carbocycles. The molecule has 2 heterocycles. The van der Waals surface area contributed by atoms with Gasteiger partial charge in [-0.05, 0) is 61.5 Å². The molecular weight excluding hydrogens is 328 g/mol. The highest BCUT2D eigenvalue weighted by Crippen LogP contribution is 2.33. The van der Waals surface area contributed by atoms with Gasteiger partial charge >= 0.3 is 0 Å². The summed E-state index contributed by atoms with van der Waals surface area (Å²) in [6.07, 6.45) is 3.88. The van der Waals surface area contributed by atoms with E-state index in [4.69, 9.17) is 9.47 Å². The molecule has 0 radical (unpaired) electrons. The Hall–Kier alpha value is -1.46. The van der Waals surface area contributed by atoms with Gasteiger partial charge in [0, 0.05) is 19.5 Å². The third kappa shape index (κ3) is 4.14. The van der Waals surface area contributed by atoms with Crippen LogP contribution in [0.15, 0.2) is 12.1 Å². The Morgan fingerprint density at radius 1 is 1.25 bits per heavy atom. The van der Waals surface area contributed by atoms with E-state index in [2.05, 4.69) is 5.32 Å². The van der Waals surface area contributed by atoms with Gasteiger partial charge in [0.2, 0.25) is 5.91 Å². The van der Waals surface area contributed by atoms with Gasteiger partial charge in [0.05, 0.1) is 14.2 Å². The molecule has 0 spiro atoms. The molecule has 1 aromatic rings. The van der Waals surface area contributed by atoms with Crippen molar-refractivity contribution in [2.45, 2.75) is 32.2 Å². The molecule has 134 valence electrons. The summed E-state index contributed by atoms with van der Waals surface area (Å²) in [5.41, 5.74) is 2.43. The van der Waals surface area contributed by atoms with Crippen LogP contribution in [0, 0.1) is 5.92 Å². The number of methoxy groups -OCH3 is 2. The van der Waals surface area contributed by atoms with Gasteiger partial charge in [0.1, 0.15) is 0 Å². The third-order valence-electron chi connectivity index (χ3n) is 4.93. The number of halogens is 1. The minimum atomic E-state index is 0. The Kier molecular flexibility index (Phi) is 6.75. The molecule has 0 bridgehead atoms. The molecule has 1 aromatic carbocycles. The first-order chi connectivity index (χ1) is 11.2. The number of carbonyl (C=O) groups excluding carboxylic acids is 1. The average molecular weight is 355 g/mol. The number of ether oxygens (including phenoxy) is 2. The summed E-state index contributed by atoms with van der Waals surface area (Å²) < 4.78 is 10.7. The zero-order chi connectivity index (χ0) is 16.2. The van der Waals surface area contributed by atoms with E-state index in [0.29, 0.717) is 18.9 Å². The van der Waals surface area contributed by atoms with E-state index in [1.165, 1.54) is 17.5 Å². The van der Waals surface area contributed by atoms with Gasteiger partial charge in [-0.25, -0.2) is 0 Å². The van der Waals surface area contributed by atoms with Gasteiger partial charge in [0.25, 0.3) is 0 Å². The number of nitrogens with zero attached hydrogens (tertiary/aromatic N) is 1. The van der Waals surface area contributed by atoms with Crippen molar-refractivity contribution in [1.29, 1.82) is 0 Å². The number of nitrogens with one attached hydrogen (secondary N) is 1. The molecule has 2 aliphatic heterocycles. The van der Waals surface area contributed by atoms with Crippen LogP contribution in [0.3, 0.4) is 0 Å². The Balaban J connectivity index is 0.00000208. The Labute approximate surface area is 150 Å². The second kappa shape index (κ2) is 8.58. The molecular formula is C18H27ClN2O3. The average Bonchev–Trinajstić information content (AvgIpc) is 2.60. The maximum Gasteiger partial charge on any atom is 0.223 e. The fourth-order valence-electron chi connectivity index (χ4n) is 3.57. The summed E-state index contributed by atoms with van der Waals surface area (Å²) >= 11 is 0. The number of hydrogen-bond acceptors (Lipinski definition) is 4. The van der Waals surface area contributed by atoms with Crippen molar-refractivity contribution in [3.8, 4) is 11.5 Å². The monoisotopic (exact) mass is 354 g/mol. The van der Waals surface area contributed by atoms with Crippen molar-refractivity contribution in [3.05, 3.63) is 23.3 Å². The quantitative estimate of drug-likeness (QED) is 0.902. The van der Waals surface area contributed by atoms with E-state index in [0.717, 1.165) is 44.0 Å². The maximum atomic E-state index is 12.6. The molecule has 5 nitrogen and oxygen atoms in total. The van der Waals surface area contributed by atoms with Crippen LogP contribution >= 0.6 is 12.4 Å². The number of amides is 1. The predicted octanol–water partition coefficient (Wildman–Crippen LogP) is 2.40. The molecule has 3 rings (SSSR count). The predicted molar refractivity (Wildman–Crippen MR) is 96.1 cm³/mol. The van der Waals surface area contributed by atoms with Crippen LogP contribution in [0.25, 0.3) is 0 Å². The topological polar surface area (TPSA) is 50.8 Å². The lowest BCUT2D eigenvalue weighted by molar-refractivity contribution is -0.133. The lowest BCUT2D eigenvalue weighted by atomic mass is 9.94. The summed E-state index contributed by atoms with van der Waals surface area (Å²) in [6, 6.07) is 4.05. The van der Waals surface area contributed by atoms with Gasteiger partial charge in [-0.3, -0.25) is 4.79 Å². The molecule has 1 amide bonds. The first-order valence-electron chi connectivity index (χ1n) is 8.43. The molecule has 0 aromatic heterocycles. The fraction of sp³-hybridized carbons (Fsp3) is 0.611. The second-order valence-electron chi connectivity index (χ2n) is 6.46. The van der Waals surface area contributed by atoms with Crippen LogP contribution < -0.4 is 14.8 Å². The standard InChI is InChI=1S/C18H26N2O3.ClH/c1-22-16-9-14-5-7-20(12-15(14)10-17(16)23-2)18(21)8-13-4-3-6-19-11-13;/h9-10,13,19H,3-8,11-12H2,1-2H3;1H. The summed E-state index contributed by atoms with van der Waals surface area (Å²) in [5, 5.41) is 3.39. The summed E-state index contributed by atoms with van der Waals surface area (Å²) in [7, 11) is 3.30. The maximum absolute atomic E-state index is 12.6. The highest BCUT2D eigenvalue weighted by Gasteiger charge is 2.25. The van der Waals surface area contributed by atoms with Crippen molar-refractivity contribution in [2.24, 2.45) is 5.92 Å². The second-order valence-corrected chi connectivity index (χ2v) is 6.46. The van der Waals surface area contributed by atoms with E-state index in [1.54, 1.807) is 14.2 Å². The van der Waals surface area contributed by atoms with Gasteiger partial charge in [0.15, 0.2) is 11.5 Å². The first kappa shape index (κ1) is 18.9. The zero-order valence-electron chi connectivity index (χ0n) is 14.5. The number of fused-ring (bicyclic) bond motifs is 1. The molecule has 2 aliphatic rings. The zero-order valence-corrected chi connectivity index (χ0v) is 15.3. The highest BCUT2D eigenvalue weighted by molar-refractivity contribution is 5.85. The van der Waals surface area contributed by atoms with Gasteiger partial charge in [-0.15, -0.1) is 12.4 Å². The van der Waals surface area contributed by atoms with E-state index in [9.17, 15) is 4.79 Å². The van der Waals surface area contributed by atoms with E-state index >= 15 is 0 Å². The molecule has 6 heteroatoms. The van der Waals surface area contributed by atoms with Crippen molar-refractivity contribution in [1.82, 2.24) is 10.2 Å². The van der Waals surface area contributed by atoms with E-state index in [-0.39, 0.29) is 18.3 Å². The third-order valence-corrected chi connectivity index (χ3v) is 4.93. The van der Waals surface area contributed by atoms with E-state index in [1.807, 2.05) is 17.0 Å². The van der Waals surface area contributed by atoms with Crippen molar-refractivity contribution >= 4 is 18.3 Å². The van der Waals surface area contributed by atoms with Crippen LogP contribution in [-0.4, -0.2) is 44.7 Å². The molecule has 1 atom stereocenters. The minimum absolute atomic E-state index is 0. The SMILES string of the molecule is COc1cc2c(cc1OC)CN(C(=O)CC1CCCNC1)CC2.Cl. The number of carbonyl (C=O) groups is 1. The van der Waals surface area contributed by atoms with Gasteiger partial charge in [-0.2, -0.15) is 0 Å². The van der Waals surface area contributed by atoms with Crippen LogP contribution in [0.1, 0.15) is 30.4 Å². The number of piperidine rings is 1. The normalized spacial score (nSPS) is 19.9. The van der Waals surface area contributed by atoms with Crippen LogP contribution in [0.4, 0.5) is 0 Å². The Morgan fingerprint density at radius 2 is 1.96 bits per heavy atom. The van der Waals surface area contributed by atoms with Crippen LogP contribution in [-0.2, 0) is 17.8 Å². The molecule has 1 fully saturated rings. The Bertz CT molecular complexity index is 574. The summed E-state index contributed by atoms with van der Waals surface area (Å²) in [4.78, 5) is 14.6. The minimum Gasteiger partial charge on any atom is -0.493 e. The largest absolute Gasteiger partial charge is 0.493 e. The van der Waals surface area contributed by atoms with Crippen molar-refractivity contribution in [2.75, 3.05) is 33.9 Å². The van der Waals surface area contributed by atoms with Gasteiger partial charge in [-0.1, -0.05) is 0 Å². The summed E-state index contributed by atoms with van der Waals surface area (Å²) in [6.45, 7) is 3.53. The highest BCUT2D eigenvalue weighted by atomic mass is 35.5. The Morgan fingerprint density at radius 3 is 2.58 bits per heavy atom. The van der Waals surface area contributed by atoms with Gasteiger partial charge < -0.3 is 19.7 Å². The van der Waals surface area contributed by atoms with Crippen LogP contribution in [0.2, 0.25) is 0 Å². The lowest BCUT2D eigenvalue weighted by Gasteiger charge is -2.31. The van der Waals surface area contributed by atoms with Crippen LogP contribution in [0.5, 0.6) is 11.5 Å². The lowest BCUT2D eigenvalue weighted by Crippen LogP contribution is -2.39. The number of benzene rings is 1. The van der Waals surface area contributed by atoms with E-state index < -0.39 is 0 Å². The number of hydrogen-bond donors (Lipinski definition) is 1. The van der Waals surface area contributed by atoms with Crippen molar-refractivity contribution < 1.29 is 14.3 Å². The molecule has 0 saturated carbocycles. The number of rotatable bonds is 4. The first-order valence-corrected chi connectivity index (χ1v) is 8.43. The molecule has 24 heavy (non-hydrogen) atoms.